The fourth-order valence-corrected chi connectivity index (χ4v) is 2.87. The number of nitrogens with two attached hydrogens (primary N) is 1. The van der Waals surface area contributed by atoms with Gasteiger partial charge in [0.05, 0.1) is 0 Å². The summed E-state index contributed by atoms with van der Waals surface area (Å²) in [4.78, 5) is 40.1. The van der Waals surface area contributed by atoms with Crippen LogP contribution >= 0.6 is 0 Å². The van der Waals surface area contributed by atoms with Crippen LogP contribution in [0.1, 0.15) is 44.2 Å². The number of oxazole rings is 1. The number of aromatic carboxylic acids is 1. The van der Waals surface area contributed by atoms with Crippen LogP contribution in [0.15, 0.2) is 51.3 Å². The lowest BCUT2D eigenvalue weighted by molar-refractivity contribution is 0.0691. The molecule has 3 heterocycles. The van der Waals surface area contributed by atoms with Gasteiger partial charge in [-0.05, 0) is 12.1 Å². The van der Waals surface area contributed by atoms with Gasteiger partial charge in [0.2, 0.25) is 0 Å². The first kappa shape index (κ1) is 19.8. The minimum atomic E-state index is -1.31. The molecule has 1 aromatic carbocycles. The molecule has 0 aliphatic carbocycles. The Morgan fingerprint density at radius 2 is 1.77 bits per heavy atom. The molecular weight excluding hydrogens is 406 g/mol. The molecule has 31 heavy (non-hydrogen) atoms. The Kier molecular flexibility index (Phi) is 4.91. The Morgan fingerprint density at radius 1 is 1.03 bits per heavy atom. The summed E-state index contributed by atoms with van der Waals surface area (Å²) >= 11 is 0. The van der Waals surface area contributed by atoms with Gasteiger partial charge in [-0.25, -0.2) is 4.79 Å². The number of carboxylic acid groups (broad SMARTS) is 1. The largest absolute Gasteiger partial charge is 0.476 e. The maximum absolute atomic E-state index is 11.9. The first-order chi connectivity index (χ1) is 14.8. The van der Waals surface area contributed by atoms with Gasteiger partial charge < -0.3 is 19.7 Å². The van der Waals surface area contributed by atoms with Crippen molar-refractivity contribution in [3.05, 3.63) is 65.4 Å². The van der Waals surface area contributed by atoms with Crippen LogP contribution in [0.4, 0.5) is 0 Å². The van der Waals surface area contributed by atoms with Gasteiger partial charge in [-0.3, -0.25) is 9.59 Å². The van der Waals surface area contributed by atoms with Gasteiger partial charge >= 0.3 is 5.97 Å². The number of carbonyl (C=O) groups excluding carboxylic acids is 2. The van der Waals surface area contributed by atoms with Crippen molar-refractivity contribution in [2.75, 3.05) is 0 Å². The summed E-state index contributed by atoms with van der Waals surface area (Å²) in [5.41, 5.74) is 5.18. The van der Waals surface area contributed by atoms with E-state index in [9.17, 15) is 19.5 Å². The van der Waals surface area contributed by atoms with E-state index in [4.69, 9.17) is 14.6 Å². The van der Waals surface area contributed by atoms with Crippen molar-refractivity contribution >= 4 is 17.7 Å². The average Bonchev–Trinajstić information content (AvgIpc) is 3.46. The molecule has 0 aliphatic rings. The van der Waals surface area contributed by atoms with Crippen molar-refractivity contribution in [2.24, 2.45) is 5.73 Å². The molecule has 3 aromatic heterocycles. The summed E-state index contributed by atoms with van der Waals surface area (Å²) in [6, 6.07) is 11.6. The molecule has 0 saturated carbocycles. The normalized spacial score (nSPS) is 10.9. The van der Waals surface area contributed by atoms with Crippen LogP contribution in [0.5, 0.6) is 0 Å². The summed E-state index contributed by atoms with van der Waals surface area (Å²) < 4.78 is 11.0. The molecule has 0 bridgehead atoms. The molecule has 156 valence electrons. The standard InChI is InChI=1S/C20H15N5O6/c1-10(26)13-8-7-12(30-13)9-25-23-14(18(21)27)15(24-25)19-22-16(20(28)29)17(31-19)11-5-3-2-4-6-11/h2-8H,9H2,1H3,(H2,21,27)(H,28,29). The average molecular weight is 421 g/mol. The first-order valence-electron chi connectivity index (χ1n) is 8.98. The van der Waals surface area contributed by atoms with Gasteiger partial charge in [0.25, 0.3) is 11.8 Å². The van der Waals surface area contributed by atoms with E-state index < -0.39 is 11.9 Å². The maximum atomic E-state index is 11.9. The first-order valence-corrected chi connectivity index (χ1v) is 8.98. The summed E-state index contributed by atoms with van der Waals surface area (Å²) in [5, 5.41) is 17.7. The highest BCUT2D eigenvalue weighted by atomic mass is 16.4. The number of rotatable bonds is 7. The van der Waals surface area contributed by atoms with E-state index in [1.807, 2.05) is 0 Å². The minimum absolute atomic E-state index is 0.00482. The maximum Gasteiger partial charge on any atom is 0.358 e. The van der Waals surface area contributed by atoms with Gasteiger partial charge in [0, 0.05) is 12.5 Å². The Balaban J connectivity index is 1.76. The third-order valence-electron chi connectivity index (χ3n) is 4.26. The van der Waals surface area contributed by atoms with Crippen LogP contribution in [0.3, 0.4) is 0 Å². The third-order valence-corrected chi connectivity index (χ3v) is 4.26. The Labute approximate surface area is 174 Å². The Morgan fingerprint density at radius 3 is 2.39 bits per heavy atom. The van der Waals surface area contributed by atoms with Crippen LogP contribution in [-0.4, -0.2) is 42.7 Å². The third kappa shape index (κ3) is 3.83. The van der Waals surface area contributed by atoms with Crippen molar-refractivity contribution in [1.29, 1.82) is 0 Å². The predicted molar refractivity (Wildman–Crippen MR) is 104 cm³/mol. The van der Waals surface area contributed by atoms with E-state index in [-0.39, 0.29) is 46.8 Å². The topological polar surface area (TPSA) is 167 Å². The number of primary amides is 1. The highest BCUT2D eigenvalue weighted by Crippen LogP contribution is 2.30. The highest BCUT2D eigenvalue weighted by Gasteiger charge is 2.27. The van der Waals surface area contributed by atoms with Gasteiger partial charge in [-0.2, -0.15) is 9.78 Å². The van der Waals surface area contributed by atoms with Gasteiger partial charge in [0.15, 0.2) is 34.4 Å². The summed E-state index contributed by atoms with van der Waals surface area (Å²) in [7, 11) is 0. The molecule has 4 rings (SSSR count). The molecule has 11 nitrogen and oxygen atoms in total. The predicted octanol–water partition coefficient (Wildman–Crippen LogP) is 2.24. The number of benzene rings is 1. The molecule has 0 radical (unpaired) electrons. The molecule has 0 fully saturated rings. The lowest BCUT2D eigenvalue weighted by Gasteiger charge is -1.96. The van der Waals surface area contributed by atoms with Crippen LogP contribution in [-0.2, 0) is 6.54 Å². The molecule has 0 saturated heterocycles. The number of carboxylic acids is 1. The quantitative estimate of drug-likeness (QED) is 0.425. The van der Waals surface area contributed by atoms with E-state index in [0.717, 1.165) is 4.80 Å². The van der Waals surface area contributed by atoms with E-state index in [0.29, 0.717) is 11.3 Å². The molecule has 3 N–H and O–H groups in total. The second kappa shape index (κ2) is 7.71. The monoisotopic (exact) mass is 421 g/mol. The lowest BCUT2D eigenvalue weighted by Crippen LogP contribution is -2.13. The number of furan rings is 1. The SMILES string of the molecule is CC(=O)c1ccc(Cn2nc(C(N)=O)c(-c3nc(C(=O)O)c(-c4ccccc4)o3)n2)o1. The van der Waals surface area contributed by atoms with Crippen molar-refractivity contribution in [3.63, 3.8) is 0 Å². The van der Waals surface area contributed by atoms with Crippen LogP contribution < -0.4 is 5.73 Å². The molecular formula is C20H15N5O6. The van der Waals surface area contributed by atoms with Crippen molar-refractivity contribution in [3.8, 4) is 22.9 Å². The zero-order valence-corrected chi connectivity index (χ0v) is 16.1. The Bertz CT molecular complexity index is 1300. The smallest absolute Gasteiger partial charge is 0.358 e. The number of amides is 1. The summed E-state index contributed by atoms with van der Waals surface area (Å²) in [6.07, 6.45) is 0. The lowest BCUT2D eigenvalue weighted by atomic mass is 10.1. The number of Topliss-reactive ketones (excluding diaryl/α,β-unsaturated/α-hetero) is 1. The molecule has 4 aromatic rings. The molecule has 0 spiro atoms. The summed E-state index contributed by atoms with van der Waals surface area (Å²) in [5.74, 6) is -2.14. The van der Waals surface area contributed by atoms with E-state index in [2.05, 4.69) is 15.2 Å². The second-order valence-electron chi connectivity index (χ2n) is 6.48. The zero-order valence-electron chi connectivity index (χ0n) is 16.1. The van der Waals surface area contributed by atoms with Crippen molar-refractivity contribution < 1.29 is 28.3 Å². The number of aromatic nitrogens is 4. The van der Waals surface area contributed by atoms with Gasteiger partial charge in [-0.15, -0.1) is 10.2 Å². The number of hydrogen-bond acceptors (Lipinski definition) is 8. The number of nitrogens with zero attached hydrogens (tertiary/aromatic N) is 4. The molecule has 1 amide bonds. The van der Waals surface area contributed by atoms with Crippen LogP contribution in [0, 0.1) is 0 Å². The second-order valence-corrected chi connectivity index (χ2v) is 6.48. The number of ketones is 1. The fraction of sp³-hybridized carbons (Fsp3) is 0.100. The highest BCUT2D eigenvalue weighted by molar-refractivity contribution is 5.97. The van der Waals surface area contributed by atoms with E-state index in [1.54, 1.807) is 36.4 Å². The molecule has 0 atom stereocenters. The van der Waals surface area contributed by atoms with Gasteiger partial charge in [-0.1, -0.05) is 30.3 Å². The Hall–Kier alpha value is -4.54. The van der Waals surface area contributed by atoms with Crippen LogP contribution in [0.25, 0.3) is 22.9 Å². The molecule has 0 unspecified atom stereocenters. The van der Waals surface area contributed by atoms with Crippen molar-refractivity contribution in [2.45, 2.75) is 13.5 Å². The molecule has 11 heteroatoms. The van der Waals surface area contributed by atoms with Gasteiger partial charge in [0.1, 0.15) is 12.3 Å². The number of carbonyl (C=O) groups is 3. The van der Waals surface area contributed by atoms with E-state index in [1.165, 1.54) is 13.0 Å². The molecule has 0 aliphatic heterocycles. The van der Waals surface area contributed by atoms with Crippen molar-refractivity contribution in [1.82, 2.24) is 20.0 Å². The number of hydrogen-bond donors (Lipinski definition) is 2. The zero-order chi connectivity index (χ0) is 22.1. The van der Waals surface area contributed by atoms with E-state index >= 15 is 0 Å². The van der Waals surface area contributed by atoms with Crippen LogP contribution in [0.2, 0.25) is 0 Å². The summed E-state index contributed by atoms with van der Waals surface area (Å²) in [6.45, 7) is 1.36. The minimum Gasteiger partial charge on any atom is -0.476 e. The fourth-order valence-electron chi connectivity index (χ4n) is 2.87.